The standard InChI is InChI=1S/C32H36N6O2/c1-23-6-9-28(24(2)37-14-12-27(13-15-37)26-10-7-25(21-33)8-11-26)20-30(23)36-32(39)34-22-29-4-3-5-31(35-29)38-16-18-40-19-17-38/h3-11,20,27H,2,12-19,22H2,1H3,(H2,34,36,39). The van der Waals surface area contributed by atoms with Crippen LogP contribution in [0.5, 0.6) is 0 Å². The summed E-state index contributed by atoms with van der Waals surface area (Å²) in [5.41, 5.74) is 6.50. The third kappa shape index (κ3) is 6.61. The summed E-state index contributed by atoms with van der Waals surface area (Å²) in [5, 5.41) is 15.0. The SMILES string of the molecule is C=C(c1ccc(C)c(NC(=O)NCc2cccc(N3CCOCC3)n2)c1)N1CCC(c2ccc(C#N)cc2)CC1. The Morgan fingerprint density at radius 3 is 2.55 bits per heavy atom. The van der Waals surface area contributed by atoms with Crippen molar-refractivity contribution in [2.75, 3.05) is 49.6 Å². The lowest BCUT2D eigenvalue weighted by Gasteiger charge is -2.35. The van der Waals surface area contributed by atoms with Crippen LogP contribution in [-0.2, 0) is 11.3 Å². The van der Waals surface area contributed by atoms with Crippen molar-refractivity contribution in [1.29, 1.82) is 5.26 Å². The molecular formula is C32H36N6O2. The van der Waals surface area contributed by atoms with Crippen molar-refractivity contribution >= 4 is 23.2 Å². The largest absolute Gasteiger partial charge is 0.378 e. The number of piperidine rings is 1. The van der Waals surface area contributed by atoms with Crippen LogP contribution >= 0.6 is 0 Å². The maximum Gasteiger partial charge on any atom is 0.319 e. The van der Waals surface area contributed by atoms with E-state index < -0.39 is 0 Å². The predicted octanol–water partition coefficient (Wildman–Crippen LogP) is 5.27. The highest BCUT2D eigenvalue weighted by molar-refractivity contribution is 5.90. The quantitative estimate of drug-likeness (QED) is 0.427. The normalized spacial score (nSPS) is 15.8. The third-order valence-corrected chi connectivity index (χ3v) is 7.76. The maximum atomic E-state index is 12.8. The summed E-state index contributed by atoms with van der Waals surface area (Å²) < 4.78 is 5.43. The third-order valence-electron chi connectivity index (χ3n) is 7.76. The highest BCUT2D eigenvalue weighted by Gasteiger charge is 2.22. The van der Waals surface area contributed by atoms with Gasteiger partial charge in [-0.3, -0.25) is 0 Å². The van der Waals surface area contributed by atoms with Crippen LogP contribution in [0.15, 0.2) is 67.2 Å². The van der Waals surface area contributed by atoms with Gasteiger partial charge in [-0.15, -0.1) is 0 Å². The fraction of sp³-hybridized carbons (Fsp3) is 0.344. The molecule has 0 aliphatic carbocycles. The number of rotatable bonds is 7. The van der Waals surface area contributed by atoms with Crippen LogP contribution in [0.1, 0.15) is 46.7 Å². The second kappa shape index (κ2) is 12.7. The fourth-order valence-electron chi connectivity index (χ4n) is 5.30. The molecule has 8 heteroatoms. The van der Waals surface area contributed by atoms with E-state index in [2.05, 4.69) is 51.3 Å². The van der Waals surface area contributed by atoms with Crippen LogP contribution in [0.3, 0.4) is 0 Å². The number of likely N-dealkylation sites (tertiary alicyclic amines) is 1. The van der Waals surface area contributed by atoms with E-state index in [-0.39, 0.29) is 6.03 Å². The minimum Gasteiger partial charge on any atom is -0.378 e. The molecule has 0 atom stereocenters. The van der Waals surface area contributed by atoms with Crippen molar-refractivity contribution in [2.45, 2.75) is 32.2 Å². The van der Waals surface area contributed by atoms with Crippen molar-refractivity contribution in [1.82, 2.24) is 15.2 Å². The molecule has 0 spiro atoms. The van der Waals surface area contributed by atoms with Crippen LogP contribution in [0.2, 0.25) is 0 Å². The molecule has 3 aromatic rings. The zero-order valence-corrected chi connectivity index (χ0v) is 23.0. The van der Waals surface area contributed by atoms with E-state index in [0.717, 1.165) is 73.0 Å². The van der Waals surface area contributed by atoms with Crippen molar-refractivity contribution in [3.8, 4) is 6.07 Å². The number of amides is 2. The van der Waals surface area contributed by atoms with E-state index in [1.807, 2.05) is 49.4 Å². The molecule has 0 radical (unpaired) electrons. The van der Waals surface area contributed by atoms with Gasteiger partial charge in [-0.25, -0.2) is 9.78 Å². The highest BCUT2D eigenvalue weighted by Crippen LogP contribution is 2.32. The molecule has 2 aromatic carbocycles. The van der Waals surface area contributed by atoms with E-state index >= 15 is 0 Å². The molecule has 2 amide bonds. The Labute approximate surface area is 236 Å². The van der Waals surface area contributed by atoms with Gasteiger partial charge >= 0.3 is 6.03 Å². The molecule has 2 aliphatic rings. The zero-order valence-electron chi connectivity index (χ0n) is 23.0. The molecule has 1 aromatic heterocycles. The first-order valence-electron chi connectivity index (χ1n) is 13.9. The first kappa shape index (κ1) is 27.2. The Morgan fingerprint density at radius 2 is 1.82 bits per heavy atom. The lowest BCUT2D eigenvalue weighted by molar-refractivity contribution is 0.122. The smallest absolute Gasteiger partial charge is 0.319 e. The van der Waals surface area contributed by atoms with Gasteiger partial charge in [0.1, 0.15) is 5.82 Å². The number of carbonyl (C=O) groups excluding carboxylic acids is 1. The van der Waals surface area contributed by atoms with E-state index in [1.54, 1.807) is 0 Å². The number of aromatic nitrogens is 1. The van der Waals surface area contributed by atoms with E-state index in [0.29, 0.717) is 31.2 Å². The number of morpholine rings is 1. The number of nitrogens with one attached hydrogen (secondary N) is 2. The van der Waals surface area contributed by atoms with E-state index in [9.17, 15) is 4.79 Å². The van der Waals surface area contributed by atoms with Gasteiger partial charge in [-0.2, -0.15) is 5.26 Å². The van der Waals surface area contributed by atoms with E-state index in [1.165, 1.54) is 5.56 Å². The van der Waals surface area contributed by atoms with Crippen LogP contribution < -0.4 is 15.5 Å². The molecule has 2 aliphatic heterocycles. The number of nitrogens with zero attached hydrogens (tertiary/aromatic N) is 4. The van der Waals surface area contributed by atoms with Crippen LogP contribution in [0, 0.1) is 18.3 Å². The van der Waals surface area contributed by atoms with Gasteiger partial charge < -0.3 is 25.2 Å². The number of nitriles is 1. The van der Waals surface area contributed by atoms with Gasteiger partial charge in [-0.05, 0) is 72.7 Å². The molecule has 40 heavy (non-hydrogen) atoms. The number of ether oxygens (including phenoxy) is 1. The number of anilines is 2. The molecule has 3 heterocycles. The lowest BCUT2D eigenvalue weighted by atomic mass is 9.88. The first-order valence-corrected chi connectivity index (χ1v) is 13.9. The average Bonchev–Trinajstić information content (AvgIpc) is 3.01. The summed E-state index contributed by atoms with van der Waals surface area (Å²) in [7, 11) is 0. The van der Waals surface area contributed by atoms with Gasteiger partial charge in [-0.1, -0.05) is 36.9 Å². The monoisotopic (exact) mass is 536 g/mol. The Hall–Kier alpha value is -4.35. The first-order chi connectivity index (χ1) is 19.5. The summed E-state index contributed by atoms with van der Waals surface area (Å²) in [6.45, 7) is 11.6. The maximum absolute atomic E-state index is 12.8. The second-order valence-corrected chi connectivity index (χ2v) is 10.4. The summed E-state index contributed by atoms with van der Waals surface area (Å²) in [4.78, 5) is 22.0. The number of hydrogen-bond acceptors (Lipinski definition) is 6. The number of urea groups is 1. The topological polar surface area (TPSA) is 93.5 Å². The minimum atomic E-state index is -0.271. The van der Waals surface area contributed by atoms with Crippen LogP contribution in [-0.4, -0.2) is 55.3 Å². The minimum absolute atomic E-state index is 0.271. The highest BCUT2D eigenvalue weighted by atomic mass is 16.5. The van der Waals surface area contributed by atoms with Gasteiger partial charge in [0.05, 0.1) is 37.1 Å². The van der Waals surface area contributed by atoms with E-state index in [4.69, 9.17) is 15.0 Å². The fourth-order valence-corrected chi connectivity index (χ4v) is 5.30. The average molecular weight is 537 g/mol. The van der Waals surface area contributed by atoms with Gasteiger partial charge in [0.15, 0.2) is 0 Å². The second-order valence-electron chi connectivity index (χ2n) is 10.4. The summed E-state index contributed by atoms with van der Waals surface area (Å²) >= 11 is 0. The number of carbonyl (C=O) groups is 1. The Balaban J connectivity index is 1.15. The van der Waals surface area contributed by atoms with Gasteiger partial charge in [0.2, 0.25) is 0 Å². The number of benzene rings is 2. The lowest BCUT2D eigenvalue weighted by Crippen LogP contribution is -2.37. The molecule has 0 bridgehead atoms. The molecule has 2 fully saturated rings. The molecular weight excluding hydrogens is 500 g/mol. The summed E-state index contributed by atoms with van der Waals surface area (Å²) in [6.07, 6.45) is 2.07. The van der Waals surface area contributed by atoms with Crippen molar-refractivity contribution < 1.29 is 9.53 Å². The molecule has 2 saturated heterocycles. The van der Waals surface area contributed by atoms with Gasteiger partial charge in [0.25, 0.3) is 0 Å². The molecule has 206 valence electrons. The van der Waals surface area contributed by atoms with Crippen LogP contribution in [0.4, 0.5) is 16.3 Å². The van der Waals surface area contributed by atoms with Gasteiger partial charge in [0, 0.05) is 37.6 Å². The predicted molar refractivity (Wildman–Crippen MR) is 158 cm³/mol. The van der Waals surface area contributed by atoms with Crippen molar-refractivity contribution in [3.63, 3.8) is 0 Å². The zero-order chi connectivity index (χ0) is 27.9. The number of pyridine rings is 1. The molecule has 0 saturated carbocycles. The summed E-state index contributed by atoms with van der Waals surface area (Å²) in [5.74, 6) is 1.39. The Kier molecular flexibility index (Phi) is 8.62. The molecule has 8 nitrogen and oxygen atoms in total. The Bertz CT molecular complexity index is 1380. The molecule has 2 N–H and O–H groups in total. The molecule has 5 rings (SSSR count). The molecule has 0 unspecified atom stereocenters. The Morgan fingerprint density at radius 1 is 1.07 bits per heavy atom. The van der Waals surface area contributed by atoms with Crippen molar-refractivity contribution in [3.05, 3.63) is 95.2 Å². The van der Waals surface area contributed by atoms with Crippen molar-refractivity contribution in [2.24, 2.45) is 0 Å². The van der Waals surface area contributed by atoms with Crippen LogP contribution in [0.25, 0.3) is 5.70 Å². The number of hydrogen-bond donors (Lipinski definition) is 2. The summed E-state index contributed by atoms with van der Waals surface area (Å²) in [6, 6.07) is 21.8. The number of aryl methyl sites for hydroxylation is 1.